The summed E-state index contributed by atoms with van der Waals surface area (Å²) in [6, 6.07) is 17.9. The fourth-order valence-electron chi connectivity index (χ4n) is 4.79. The van der Waals surface area contributed by atoms with Crippen molar-refractivity contribution in [2.45, 2.75) is 31.8 Å². The molecule has 2 aromatic carbocycles. The van der Waals surface area contributed by atoms with Gasteiger partial charge in [0.25, 0.3) is 0 Å². The largest absolute Gasteiger partial charge is 0.486 e. The van der Waals surface area contributed by atoms with Crippen LogP contribution >= 0.6 is 0 Å². The van der Waals surface area contributed by atoms with Gasteiger partial charge in [-0.1, -0.05) is 42.5 Å². The van der Waals surface area contributed by atoms with E-state index in [0.29, 0.717) is 19.3 Å². The summed E-state index contributed by atoms with van der Waals surface area (Å²) in [5.41, 5.74) is 4.17. The third-order valence-corrected chi connectivity index (χ3v) is 6.47. The Labute approximate surface area is 173 Å². The van der Waals surface area contributed by atoms with Crippen LogP contribution in [0.5, 0.6) is 11.5 Å². The van der Waals surface area contributed by atoms with Gasteiger partial charge < -0.3 is 9.47 Å². The van der Waals surface area contributed by atoms with Gasteiger partial charge in [0.05, 0.1) is 0 Å². The second-order valence-electron chi connectivity index (χ2n) is 8.31. The summed E-state index contributed by atoms with van der Waals surface area (Å²) in [6.07, 6.45) is 6.01. The number of rotatable bonds is 4. The summed E-state index contributed by atoms with van der Waals surface area (Å²) in [6.45, 7) is 7.08. The number of piperazine rings is 1. The minimum atomic E-state index is 0.647. The highest BCUT2D eigenvalue weighted by Gasteiger charge is 2.26. The van der Waals surface area contributed by atoms with Gasteiger partial charge in [0.15, 0.2) is 11.5 Å². The zero-order valence-corrected chi connectivity index (χ0v) is 17.1. The van der Waals surface area contributed by atoms with E-state index in [2.05, 4.69) is 64.4 Å². The first-order chi connectivity index (χ1) is 14.3. The number of hydrogen-bond acceptors (Lipinski definition) is 4. The van der Waals surface area contributed by atoms with Gasteiger partial charge in [0, 0.05) is 38.8 Å². The van der Waals surface area contributed by atoms with E-state index in [-0.39, 0.29) is 0 Å². The Balaban J connectivity index is 1.15. The van der Waals surface area contributed by atoms with Crippen LogP contribution in [0, 0.1) is 0 Å². The molecule has 5 rings (SSSR count). The van der Waals surface area contributed by atoms with E-state index in [4.69, 9.17) is 9.47 Å². The van der Waals surface area contributed by atoms with Crippen molar-refractivity contribution in [3.63, 3.8) is 0 Å². The number of fused-ring (bicyclic) bond motifs is 1. The lowest BCUT2D eigenvalue weighted by Gasteiger charge is -2.40. The molecule has 0 aromatic heterocycles. The molecule has 29 heavy (non-hydrogen) atoms. The van der Waals surface area contributed by atoms with Gasteiger partial charge in [-0.15, -0.1) is 0 Å². The van der Waals surface area contributed by atoms with E-state index in [9.17, 15) is 0 Å². The van der Waals surface area contributed by atoms with Crippen LogP contribution in [0.15, 0.2) is 54.6 Å². The Bertz CT molecular complexity index is 856. The van der Waals surface area contributed by atoms with Crippen LogP contribution in [0.1, 0.15) is 30.4 Å². The predicted octanol–water partition coefficient (Wildman–Crippen LogP) is 4.21. The maximum atomic E-state index is 5.76. The first kappa shape index (κ1) is 18.7. The smallest absolute Gasteiger partial charge is 0.161 e. The molecule has 1 aliphatic carbocycles. The van der Waals surface area contributed by atoms with Crippen molar-refractivity contribution in [1.82, 2.24) is 9.80 Å². The van der Waals surface area contributed by atoms with Gasteiger partial charge >= 0.3 is 0 Å². The molecule has 0 radical (unpaired) electrons. The third kappa shape index (κ3) is 4.34. The normalized spacial score (nSPS) is 22.9. The van der Waals surface area contributed by atoms with Crippen molar-refractivity contribution in [2.24, 2.45) is 0 Å². The molecule has 0 bridgehead atoms. The van der Waals surface area contributed by atoms with Crippen molar-refractivity contribution in [1.29, 1.82) is 0 Å². The third-order valence-electron chi connectivity index (χ3n) is 6.47. The molecule has 1 unspecified atom stereocenters. The molecule has 0 saturated carbocycles. The second-order valence-corrected chi connectivity index (χ2v) is 8.31. The van der Waals surface area contributed by atoms with E-state index in [1.165, 1.54) is 49.3 Å². The van der Waals surface area contributed by atoms with E-state index < -0.39 is 0 Å². The Morgan fingerprint density at radius 2 is 1.66 bits per heavy atom. The Morgan fingerprint density at radius 3 is 2.41 bits per heavy atom. The molecular weight excluding hydrogens is 360 g/mol. The molecule has 1 saturated heterocycles. The highest BCUT2D eigenvalue weighted by atomic mass is 16.6. The average Bonchev–Trinajstić information content (AvgIpc) is 2.80. The van der Waals surface area contributed by atoms with Gasteiger partial charge in [-0.05, 0) is 48.1 Å². The van der Waals surface area contributed by atoms with Crippen LogP contribution < -0.4 is 9.47 Å². The Kier molecular flexibility index (Phi) is 5.55. The minimum absolute atomic E-state index is 0.647. The standard InChI is InChI=1S/C25H30N2O2/c1-2-4-20(5-3-1)19-26-12-14-27(15-13-26)23-9-6-21(7-10-23)22-8-11-24-25(18-22)29-17-16-28-24/h1-6,8,11,18,23H,7,9-10,12-17,19H2. The predicted molar refractivity (Wildman–Crippen MR) is 116 cm³/mol. The maximum absolute atomic E-state index is 5.76. The van der Waals surface area contributed by atoms with E-state index in [1.54, 1.807) is 0 Å². The highest BCUT2D eigenvalue weighted by molar-refractivity contribution is 5.69. The summed E-state index contributed by atoms with van der Waals surface area (Å²) >= 11 is 0. The zero-order valence-electron chi connectivity index (χ0n) is 17.1. The molecule has 3 aliphatic rings. The van der Waals surface area contributed by atoms with E-state index in [1.807, 2.05) is 0 Å². The Hall–Kier alpha value is -2.30. The van der Waals surface area contributed by atoms with Gasteiger partial charge in [0.1, 0.15) is 13.2 Å². The van der Waals surface area contributed by atoms with Gasteiger partial charge in [-0.25, -0.2) is 0 Å². The summed E-state index contributed by atoms with van der Waals surface area (Å²) < 4.78 is 11.4. The molecule has 0 amide bonds. The van der Waals surface area contributed by atoms with Crippen molar-refractivity contribution in [3.8, 4) is 11.5 Å². The van der Waals surface area contributed by atoms with E-state index in [0.717, 1.165) is 30.9 Å². The molecule has 1 atom stereocenters. The quantitative estimate of drug-likeness (QED) is 0.781. The SMILES string of the molecule is C1=C(c2ccc3c(c2)OCCO3)CCC(N2CCN(Cc3ccccc3)CC2)C1. The van der Waals surface area contributed by atoms with Crippen LogP contribution in [0.4, 0.5) is 0 Å². The summed E-state index contributed by atoms with van der Waals surface area (Å²) in [7, 11) is 0. The number of nitrogens with zero attached hydrogens (tertiary/aromatic N) is 2. The van der Waals surface area contributed by atoms with E-state index >= 15 is 0 Å². The van der Waals surface area contributed by atoms with Gasteiger partial charge in [0.2, 0.25) is 0 Å². The number of hydrogen-bond donors (Lipinski definition) is 0. The van der Waals surface area contributed by atoms with Crippen LogP contribution in [0.25, 0.3) is 5.57 Å². The van der Waals surface area contributed by atoms with Crippen LogP contribution in [0.3, 0.4) is 0 Å². The van der Waals surface area contributed by atoms with Crippen LogP contribution in [-0.2, 0) is 6.54 Å². The molecule has 4 heteroatoms. The lowest BCUT2D eigenvalue weighted by molar-refractivity contribution is 0.0881. The summed E-state index contributed by atoms with van der Waals surface area (Å²) in [4.78, 5) is 5.30. The van der Waals surface area contributed by atoms with Crippen LogP contribution in [0.2, 0.25) is 0 Å². The first-order valence-corrected chi connectivity index (χ1v) is 10.9. The van der Waals surface area contributed by atoms with Crippen LogP contribution in [-0.4, -0.2) is 55.2 Å². The van der Waals surface area contributed by atoms with Crippen molar-refractivity contribution >= 4 is 5.57 Å². The molecule has 2 aromatic rings. The number of benzene rings is 2. The minimum Gasteiger partial charge on any atom is -0.486 e. The molecule has 0 N–H and O–H groups in total. The molecule has 4 nitrogen and oxygen atoms in total. The second kappa shape index (κ2) is 8.60. The fraction of sp³-hybridized carbons (Fsp3) is 0.440. The zero-order chi connectivity index (χ0) is 19.5. The average molecular weight is 391 g/mol. The molecule has 152 valence electrons. The van der Waals surface area contributed by atoms with Crippen molar-refractivity contribution in [2.75, 3.05) is 39.4 Å². The number of allylic oxidation sites excluding steroid dienone is 1. The highest BCUT2D eigenvalue weighted by Crippen LogP contribution is 2.36. The molecule has 1 fully saturated rings. The Morgan fingerprint density at radius 1 is 0.862 bits per heavy atom. The van der Waals surface area contributed by atoms with Gasteiger partial charge in [-0.3, -0.25) is 9.80 Å². The topological polar surface area (TPSA) is 24.9 Å². The van der Waals surface area contributed by atoms with Crippen molar-refractivity contribution < 1.29 is 9.47 Å². The number of ether oxygens (including phenoxy) is 2. The summed E-state index contributed by atoms with van der Waals surface area (Å²) in [5, 5.41) is 0. The molecule has 2 aliphatic heterocycles. The lowest BCUT2D eigenvalue weighted by atomic mass is 9.89. The van der Waals surface area contributed by atoms with Crippen molar-refractivity contribution in [3.05, 3.63) is 65.7 Å². The first-order valence-electron chi connectivity index (χ1n) is 10.9. The molecular formula is C25H30N2O2. The monoisotopic (exact) mass is 390 g/mol. The fourth-order valence-corrected chi connectivity index (χ4v) is 4.79. The lowest BCUT2D eigenvalue weighted by Crippen LogP contribution is -2.50. The molecule has 0 spiro atoms. The summed E-state index contributed by atoms with van der Waals surface area (Å²) in [5.74, 6) is 1.77. The maximum Gasteiger partial charge on any atom is 0.161 e. The molecule has 2 heterocycles. The van der Waals surface area contributed by atoms with Gasteiger partial charge in [-0.2, -0.15) is 0 Å².